The molecule has 0 aliphatic rings. The Balaban J connectivity index is 1.91. The van der Waals surface area contributed by atoms with E-state index in [-0.39, 0.29) is 5.91 Å². The van der Waals surface area contributed by atoms with Crippen LogP contribution in [0.5, 0.6) is 0 Å². The van der Waals surface area contributed by atoms with E-state index in [0.717, 1.165) is 29.8 Å². The Bertz CT molecular complexity index is 818. The van der Waals surface area contributed by atoms with Crippen LogP contribution >= 0.6 is 0 Å². The summed E-state index contributed by atoms with van der Waals surface area (Å²) >= 11 is 0. The number of aryl methyl sites for hydroxylation is 1. The standard InChI is InChI=1S/C19H21N3O/c1-14-7-9-16(10-8-14)13-22-18-6-4-3-5-17(18)21-19(22)11-12-20-15(2)23/h3-10H,11-13H2,1-2H3,(H,20,23). The van der Waals surface area contributed by atoms with Gasteiger partial charge in [0.2, 0.25) is 5.91 Å². The Morgan fingerprint density at radius 3 is 2.61 bits per heavy atom. The van der Waals surface area contributed by atoms with Crippen molar-refractivity contribution in [1.82, 2.24) is 14.9 Å². The highest BCUT2D eigenvalue weighted by atomic mass is 16.1. The number of imidazole rings is 1. The van der Waals surface area contributed by atoms with E-state index in [0.29, 0.717) is 6.54 Å². The molecule has 1 heterocycles. The van der Waals surface area contributed by atoms with Crippen LogP contribution in [0.25, 0.3) is 11.0 Å². The van der Waals surface area contributed by atoms with Crippen LogP contribution in [0.2, 0.25) is 0 Å². The molecule has 0 saturated heterocycles. The number of hydrogen-bond donors (Lipinski definition) is 1. The molecule has 0 radical (unpaired) electrons. The first-order valence-electron chi connectivity index (χ1n) is 7.87. The lowest BCUT2D eigenvalue weighted by molar-refractivity contribution is -0.118. The summed E-state index contributed by atoms with van der Waals surface area (Å²) in [5.41, 5.74) is 4.64. The van der Waals surface area contributed by atoms with E-state index in [9.17, 15) is 4.79 Å². The maximum absolute atomic E-state index is 11.1. The summed E-state index contributed by atoms with van der Waals surface area (Å²) in [6.45, 7) is 5.02. The molecule has 0 aliphatic carbocycles. The van der Waals surface area contributed by atoms with Crippen LogP contribution in [0.3, 0.4) is 0 Å². The third kappa shape index (κ3) is 3.59. The quantitative estimate of drug-likeness (QED) is 0.787. The molecule has 0 fully saturated rings. The number of amides is 1. The molecule has 23 heavy (non-hydrogen) atoms. The second-order valence-corrected chi connectivity index (χ2v) is 5.82. The van der Waals surface area contributed by atoms with Gasteiger partial charge in [-0.2, -0.15) is 0 Å². The van der Waals surface area contributed by atoms with Crippen molar-refractivity contribution in [2.45, 2.75) is 26.8 Å². The van der Waals surface area contributed by atoms with Crippen LogP contribution in [-0.2, 0) is 17.8 Å². The van der Waals surface area contributed by atoms with E-state index in [1.807, 2.05) is 18.2 Å². The predicted molar refractivity (Wildman–Crippen MR) is 92.4 cm³/mol. The fourth-order valence-electron chi connectivity index (χ4n) is 2.72. The van der Waals surface area contributed by atoms with Crippen LogP contribution in [0.15, 0.2) is 48.5 Å². The number of hydrogen-bond acceptors (Lipinski definition) is 2. The number of nitrogens with zero attached hydrogens (tertiary/aromatic N) is 2. The minimum atomic E-state index is -0.00815. The SMILES string of the molecule is CC(=O)NCCc1nc2ccccc2n1Cc1ccc(C)cc1. The third-order valence-corrected chi connectivity index (χ3v) is 3.92. The molecule has 3 aromatic rings. The zero-order valence-electron chi connectivity index (χ0n) is 13.5. The zero-order valence-corrected chi connectivity index (χ0v) is 13.5. The molecular weight excluding hydrogens is 286 g/mol. The van der Waals surface area contributed by atoms with Gasteiger partial charge < -0.3 is 9.88 Å². The number of para-hydroxylation sites is 2. The van der Waals surface area contributed by atoms with Crippen molar-refractivity contribution in [2.24, 2.45) is 0 Å². The van der Waals surface area contributed by atoms with Crippen LogP contribution in [-0.4, -0.2) is 22.0 Å². The predicted octanol–water partition coefficient (Wildman–Crippen LogP) is 3.07. The first-order valence-corrected chi connectivity index (χ1v) is 7.87. The highest BCUT2D eigenvalue weighted by molar-refractivity contribution is 5.76. The molecule has 0 bridgehead atoms. The number of carbonyl (C=O) groups is 1. The van der Waals surface area contributed by atoms with E-state index in [1.54, 1.807) is 0 Å². The number of benzene rings is 2. The molecule has 1 amide bonds. The fourth-order valence-corrected chi connectivity index (χ4v) is 2.72. The number of aromatic nitrogens is 2. The molecule has 0 saturated carbocycles. The number of fused-ring (bicyclic) bond motifs is 1. The summed E-state index contributed by atoms with van der Waals surface area (Å²) in [6.07, 6.45) is 0.722. The molecule has 4 nitrogen and oxygen atoms in total. The summed E-state index contributed by atoms with van der Waals surface area (Å²) in [5.74, 6) is 0.992. The van der Waals surface area contributed by atoms with Gasteiger partial charge in [-0.3, -0.25) is 4.79 Å². The van der Waals surface area contributed by atoms with Gasteiger partial charge in [0, 0.05) is 26.4 Å². The minimum Gasteiger partial charge on any atom is -0.356 e. The van der Waals surface area contributed by atoms with Gasteiger partial charge in [-0.1, -0.05) is 42.0 Å². The van der Waals surface area contributed by atoms with E-state index >= 15 is 0 Å². The summed E-state index contributed by atoms with van der Waals surface area (Å²) in [6, 6.07) is 16.7. The lowest BCUT2D eigenvalue weighted by Gasteiger charge is -2.10. The molecule has 4 heteroatoms. The van der Waals surface area contributed by atoms with Crippen LogP contribution < -0.4 is 5.32 Å². The van der Waals surface area contributed by atoms with Crippen molar-refractivity contribution >= 4 is 16.9 Å². The average molecular weight is 307 g/mol. The van der Waals surface area contributed by atoms with E-state index in [4.69, 9.17) is 4.98 Å². The lowest BCUT2D eigenvalue weighted by Crippen LogP contribution is -2.23. The van der Waals surface area contributed by atoms with E-state index < -0.39 is 0 Å². The van der Waals surface area contributed by atoms with Crippen molar-refractivity contribution < 1.29 is 4.79 Å². The van der Waals surface area contributed by atoms with Crippen molar-refractivity contribution in [1.29, 1.82) is 0 Å². The molecule has 0 atom stereocenters. The highest BCUT2D eigenvalue weighted by Crippen LogP contribution is 2.18. The van der Waals surface area contributed by atoms with Gasteiger partial charge in [0.15, 0.2) is 0 Å². The number of rotatable bonds is 5. The Morgan fingerprint density at radius 1 is 1.13 bits per heavy atom. The largest absolute Gasteiger partial charge is 0.356 e. The maximum atomic E-state index is 11.1. The van der Waals surface area contributed by atoms with Crippen LogP contribution in [0.4, 0.5) is 0 Å². The number of carbonyl (C=O) groups excluding carboxylic acids is 1. The summed E-state index contributed by atoms with van der Waals surface area (Å²) in [4.78, 5) is 15.8. The van der Waals surface area contributed by atoms with Gasteiger partial charge in [0.25, 0.3) is 0 Å². The fraction of sp³-hybridized carbons (Fsp3) is 0.263. The Kier molecular flexibility index (Phi) is 4.42. The second kappa shape index (κ2) is 6.65. The first-order chi connectivity index (χ1) is 11.1. The Hall–Kier alpha value is -2.62. The van der Waals surface area contributed by atoms with Crippen molar-refractivity contribution in [2.75, 3.05) is 6.54 Å². The number of nitrogens with one attached hydrogen (secondary N) is 1. The minimum absolute atomic E-state index is 0.00815. The molecule has 3 rings (SSSR count). The smallest absolute Gasteiger partial charge is 0.216 e. The van der Waals surface area contributed by atoms with Gasteiger partial charge >= 0.3 is 0 Å². The summed E-state index contributed by atoms with van der Waals surface area (Å²) in [7, 11) is 0. The molecule has 2 aromatic carbocycles. The van der Waals surface area contributed by atoms with E-state index in [2.05, 4.69) is 47.1 Å². The van der Waals surface area contributed by atoms with E-state index in [1.165, 1.54) is 18.1 Å². The van der Waals surface area contributed by atoms with Crippen LogP contribution in [0, 0.1) is 6.92 Å². The molecule has 1 aromatic heterocycles. The average Bonchev–Trinajstić information content (AvgIpc) is 2.87. The lowest BCUT2D eigenvalue weighted by atomic mass is 10.1. The topological polar surface area (TPSA) is 46.9 Å². The van der Waals surface area contributed by atoms with Gasteiger partial charge in [-0.15, -0.1) is 0 Å². The first kappa shape index (κ1) is 15.3. The Morgan fingerprint density at radius 2 is 1.87 bits per heavy atom. The van der Waals surface area contributed by atoms with Crippen LogP contribution in [0.1, 0.15) is 23.9 Å². The molecule has 1 N–H and O–H groups in total. The summed E-state index contributed by atoms with van der Waals surface area (Å²) in [5, 5.41) is 2.84. The molecule has 0 unspecified atom stereocenters. The monoisotopic (exact) mass is 307 g/mol. The van der Waals surface area contributed by atoms with Crippen molar-refractivity contribution in [3.63, 3.8) is 0 Å². The van der Waals surface area contributed by atoms with Crippen molar-refractivity contribution in [3.05, 3.63) is 65.5 Å². The van der Waals surface area contributed by atoms with Gasteiger partial charge in [-0.05, 0) is 24.6 Å². The summed E-state index contributed by atoms with van der Waals surface area (Å²) < 4.78 is 2.24. The van der Waals surface area contributed by atoms with Crippen molar-refractivity contribution in [3.8, 4) is 0 Å². The highest BCUT2D eigenvalue weighted by Gasteiger charge is 2.10. The maximum Gasteiger partial charge on any atom is 0.216 e. The molecule has 0 aliphatic heterocycles. The molecule has 0 spiro atoms. The third-order valence-electron chi connectivity index (χ3n) is 3.92. The zero-order chi connectivity index (χ0) is 16.2. The second-order valence-electron chi connectivity index (χ2n) is 5.82. The van der Waals surface area contributed by atoms with Gasteiger partial charge in [-0.25, -0.2) is 4.98 Å². The Labute approximate surface area is 136 Å². The van der Waals surface area contributed by atoms with Gasteiger partial charge in [0.05, 0.1) is 11.0 Å². The normalized spacial score (nSPS) is 10.9. The van der Waals surface area contributed by atoms with Gasteiger partial charge in [0.1, 0.15) is 5.82 Å². The molecule has 118 valence electrons. The molecular formula is C19H21N3O.